The molecule has 0 spiro atoms. The fourth-order valence-electron chi connectivity index (χ4n) is 2.33. The highest BCUT2D eigenvalue weighted by Crippen LogP contribution is 2.26. The van der Waals surface area contributed by atoms with Crippen LogP contribution in [0.2, 0.25) is 10.0 Å². The quantitative estimate of drug-likeness (QED) is 0.813. The molecule has 19 heavy (non-hydrogen) atoms. The van der Waals surface area contributed by atoms with Crippen molar-refractivity contribution in [2.45, 2.75) is 32.2 Å². The van der Waals surface area contributed by atoms with E-state index in [2.05, 4.69) is 17.5 Å². The maximum atomic E-state index is 11.9. The van der Waals surface area contributed by atoms with Gasteiger partial charge in [0, 0.05) is 16.5 Å². The lowest BCUT2D eigenvalue weighted by atomic mass is 10.0. The first-order valence-corrected chi connectivity index (χ1v) is 7.23. The second-order valence-electron chi connectivity index (χ2n) is 4.92. The molecule has 2 nitrogen and oxygen atoms in total. The topological polar surface area (TPSA) is 29.1 Å². The molecule has 0 aromatic heterocycles. The Kier molecular flexibility index (Phi) is 4.89. The van der Waals surface area contributed by atoms with Crippen molar-refractivity contribution in [3.63, 3.8) is 0 Å². The number of carbonyl (C=O) groups excluding carboxylic acids is 1. The van der Waals surface area contributed by atoms with Gasteiger partial charge in [-0.3, -0.25) is 4.79 Å². The van der Waals surface area contributed by atoms with Gasteiger partial charge in [0.2, 0.25) is 5.91 Å². The van der Waals surface area contributed by atoms with Crippen LogP contribution in [0, 0.1) is 5.92 Å². The summed E-state index contributed by atoms with van der Waals surface area (Å²) >= 11 is 12.0. The Hall–Kier alpha value is -0.990. The van der Waals surface area contributed by atoms with Crippen molar-refractivity contribution in [2.24, 2.45) is 5.92 Å². The Morgan fingerprint density at radius 2 is 2.26 bits per heavy atom. The smallest absolute Gasteiger partial charge is 0.221 e. The molecule has 102 valence electrons. The minimum absolute atomic E-state index is 0.0649. The molecule has 1 aromatic carbocycles. The van der Waals surface area contributed by atoms with Crippen LogP contribution < -0.4 is 5.32 Å². The van der Waals surface area contributed by atoms with Crippen molar-refractivity contribution >= 4 is 29.1 Å². The number of rotatable bonds is 4. The van der Waals surface area contributed by atoms with Crippen molar-refractivity contribution in [3.05, 3.63) is 46.0 Å². The van der Waals surface area contributed by atoms with Gasteiger partial charge in [-0.05, 0) is 43.4 Å². The average molecular weight is 298 g/mol. The van der Waals surface area contributed by atoms with Gasteiger partial charge in [-0.1, -0.05) is 41.4 Å². The van der Waals surface area contributed by atoms with Crippen LogP contribution in [0.5, 0.6) is 0 Å². The van der Waals surface area contributed by atoms with Gasteiger partial charge < -0.3 is 5.32 Å². The third-order valence-electron chi connectivity index (χ3n) is 3.37. The minimum atomic E-state index is -0.109. The number of carbonyl (C=O) groups is 1. The standard InChI is InChI=1S/C15H17Cl2NO/c1-10(13-7-6-12(16)9-14(13)17)18-15(19)8-11-4-2-3-5-11/h2,4,6-7,9-11H,3,5,8H2,1H3,(H,18,19)/t10-,11+/m1/s1. The fraction of sp³-hybridized carbons (Fsp3) is 0.400. The molecule has 1 aliphatic rings. The lowest BCUT2D eigenvalue weighted by molar-refractivity contribution is -0.122. The molecule has 4 heteroatoms. The van der Waals surface area contributed by atoms with E-state index >= 15 is 0 Å². The number of hydrogen-bond acceptors (Lipinski definition) is 1. The van der Waals surface area contributed by atoms with E-state index in [1.807, 2.05) is 13.0 Å². The Morgan fingerprint density at radius 3 is 2.89 bits per heavy atom. The minimum Gasteiger partial charge on any atom is -0.350 e. The first-order chi connectivity index (χ1) is 9.06. The fourth-order valence-corrected chi connectivity index (χ4v) is 2.91. The van der Waals surface area contributed by atoms with Gasteiger partial charge in [0.25, 0.3) is 0 Å². The van der Waals surface area contributed by atoms with E-state index in [0.29, 0.717) is 22.4 Å². The van der Waals surface area contributed by atoms with Crippen LogP contribution in [0.25, 0.3) is 0 Å². The van der Waals surface area contributed by atoms with Gasteiger partial charge in [-0.15, -0.1) is 0 Å². The molecule has 1 N–H and O–H groups in total. The molecule has 1 amide bonds. The Balaban J connectivity index is 1.94. The number of hydrogen-bond donors (Lipinski definition) is 1. The summed E-state index contributed by atoms with van der Waals surface area (Å²) in [4.78, 5) is 11.9. The third kappa shape index (κ3) is 3.99. The van der Waals surface area contributed by atoms with Crippen LogP contribution in [-0.4, -0.2) is 5.91 Å². The van der Waals surface area contributed by atoms with Crippen molar-refractivity contribution in [2.75, 3.05) is 0 Å². The lowest BCUT2D eigenvalue weighted by Gasteiger charge is -2.17. The predicted octanol–water partition coefficient (Wildman–Crippen LogP) is 4.53. The molecule has 2 rings (SSSR count). The normalized spacial score (nSPS) is 19.4. The average Bonchev–Trinajstić information content (AvgIpc) is 2.81. The SMILES string of the molecule is C[C@@H](NC(=O)C[C@H]1C=CCC1)c1ccc(Cl)cc1Cl. The van der Waals surface area contributed by atoms with Gasteiger partial charge in [0.05, 0.1) is 6.04 Å². The monoisotopic (exact) mass is 297 g/mol. The summed E-state index contributed by atoms with van der Waals surface area (Å²) in [6, 6.07) is 5.22. The van der Waals surface area contributed by atoms with Crippen LogP contribution in [0.3, 0.4) is 0 Å². The van der Waals surface area contributed by atoms with Gasteiger partial charge in [-0.25, -0.2) is 0 Å². The second kappa shape index (κ2) is 6.44. The highest BCUT2D eigenvalue weighted by atomic mass is 35.5. The molecule has 0 fully saturated rings. The summed E-state index contributed by atoms with van der Waals surface area (Å²) in [6.07, 6.45) is 6.96. The molecular formula is C15H17Cl2NO. The number of allylic oxidation sites excluding steroid dienone is 2. The molecular weight excluding hydrogens is 281 g/mol. The van der Waals surface area contributed by atoms with E-state index in [-0.39, 0.29) is 11.9 Å². The maximum absolute atomic E-state index is 11.9. The summed E-state index contributed by atoms with van der Waals surface area (Å²) in [5.74, 6) is 0.447. The highest BCUT2D eigenvalue weighted by molar-refractivity contribution is 6.35. The molecule has 0 unspecified atom stereocenters. The first kappa shape index (κ1) is 14.4. The van der Waals surface area contributed by atoms with Crippen LogP contribution in [0.4, 0.5) is 0 Å². The summed E-state index contributed by atoms with van der Waals surface area (Å²) in [5, 5.41) is 4.17. The molecule has 1 aliphatic carbocycles. The van der Waals surface area contributed by atoms with Crippen molar-refractivity contribution in [3.8, 4) is 0 Å². The molecule has 0 saturated heterocycles. The van der Waals surface area contributed by atoms with Crippen LogP contribution in [0.1, 0.15) is 37.8 Å². The number of halogens is 2. The second-order valence-corrected chi connectivity index (χ2v) is 5.77. The Bertz CT molecular complexity index is 499. The molecule has 0 bridgehead atoms. The molecule has 2 atom stereocenters. The molecule has 1 aromatic rings. The number of amides is 1. The van der Waals surface area contributed by atoms with Crippen molar-refractivity contribution in [1.82, 2.24) is 5.32 Å². The summed E-state index contributed by atoms with van der Waals surface area (Å²) in [7, 11) is 0. The Labute approximate surface area is 123 Å². The van der Waals surface area contributed by atoms with Crippen LogP contribution in [-0.2, 0) is 4.79 Å². The zero-order chi connectivity index (χ0) is 13.8. The summed E-state index contributed by atoms with van der Waals surface area (Å²) in [6.45, 7) is 1.93. The molecule has 0 aliphatic heterocycles. The largest absolute Gasteiger partial charge is 0.350 e. The van der Waals surface area contributed by atoms with Gasteiger partial charge in [-0.2, -0.15) is 0 Å². The van der Waals surface area contributed by atoms with E-state index < -0.39 is 0 Å². The van der Waals surface area contributed by atoms with E-state index in [1.165, 1.54) is 0 Å². The molecule has 0 saturated carbocycles. The zero-order valence-electron chi connectivity index (χ0n) is 10.8. The predicted molar refractivity (Wildman–Crippen MR) is 79.5 cm³/mol. The van der Waals surface area contributed by atoms with Gasteiger partial charge in [0.15, 0.2) is 0 Å². The Morgan fingerprint density at radius 1 is 1.47 bits per heavy atom. The molecule has 0 radical (unpaired) electrons. The number of nitrogens with one attached hydrogen (secondary N) is 1. The first-order valence-electron chi connectivity index (χ1n) is 6.47. The third-order valence-corrected chi connectivity index (χ3v) is 3.93. The van der Waals surface area contributed by atoms with Crippen LogP contribution >= 0.6 is 23.2 Å². The zero-order valence-corrected chi connectivity index (χ0v) is 12.3. The van der Waals surface area contributed by atoms with Gasteiger partial charge >= 0.3 is 0 Å². The van der Waals surface area contributed by atoms with E-state index in [9.17, 15) is 4.79 Å². The van der Waals surface area contributed by atoms with Crippen LogP contribution in [0.15, 0.2) is 30.4 Å². The lowest BCUT2D eigenvalue weighted by Crippen LogP contribution is -2.28. The van der Waals surface area contributed by atoms with Crippen molar-refractivity contribution < 1.29 is 4.79 Å². The van der Waals surface area contributed by atoms with Crippen molar-refractivity contribution in [1.29, 1.82) is 0 Å². The molecule has 0 heterocycles. The maximum Gasteiger partial charge on any atom is 0.221 e. The summed E-state index contributed by atoms with van der Waals surface area (Å²) < 4.78 is 0. The van der Waals surface area contributed by atoms with Gasteiger partial charge in [0.1, 0.15) is 0 Å². The van der Waals surface area contributed by atoms with E-state index in [4.69, 9.17) is 23.2 Å². The summed E-state index contributed by atoms with van der Waals surface area (Å²) in [5.41, 5.74) is 0.890. The highest BCUT2D eigenvalue weighted by Gasteiger charge is 2.17. The van der Waals surface area contributed by atoms with E-state index in [0.717, 1.165) is 18.4 Å². The van der Waals surface area contributed by atoms with E-state index in [1.54, 1.807) is 12.1 Å². The number of benzene rings is 1.